The summed E-state index contributed by atoms with van der Waals surface area (Å²) in [6, 6.07) is 0. The third-order valence-corrected chi connectivity index (χ3v) is 5.65. The Morgan fingerprint density at radius 3 is 2.30 bits per heavy atom. The van der Waals surface area contributed by atoms with Crippen LogP contribution in [0.4, 0.5) is 0 Å². The second kappa shape index (κ2) is 8.82. The summed E-state index contributed by atoms with van der Waals surface area (Å²) >= 11 is 6.24. The molecule has 0 aliphatic heterocycles. The van der Waals surface area contributed by atoms with E-state index >= 15 is 0 Å². The molecule has 0 unspecified atom stereocenters. The number of Topliss-reactive ketones (excluding diaryl/α,β-unsaturated/α-hetero) is 1. The van der Waals surface area contributed by atoms with Crippen LogP contribution in [0.1, 0.15) is 80.1 Å². The van der Waals surface area contributed by atoms with E-state index in [9.17, 15) is 4.79 Å². The maximum absolute atomic E-state index is 12.9. The molecule has 0 spiro atoms. The monoisotopic (exact) mass is 337 g/mol. The van der Waals surface area contributed by atoms with Gasteiger partial charge in [0.15, 0.2) is 5.78 Å². The van der Waals surface area contributed by atoms with E-state index in [1.54, 1.807) is 6.21 Å². The van der Waals surface area contributed by atoms with E-state index in [0.29, 0.717) is 5.16 Å². The molecule has 1 fully saturated rings. The van der Waals surface area contributed by atoms with Crippen LogP contribution in [0.25, 0.3) is 0 Å². The van der Waals surface area contributed by atoms with Crippen LogP contribution in [0.15, 0.2) is 26.9 Å². The summed E-state index contributed by atoms with van der Waals surface area (Å²) in [7, 11) is 0. The number of aliphatic imine (C=N–C) groups is 1. The SMILES string of the molecule is CCCC(C)(C)/C(C)=C(/C=N/C(Cl)=C(\C)CC)C(=O)C1CCC1. The van der Waals surface area contributed by atoms with Gasteiger partial charge >= 0.3 is 0 Å². The van der Waals surface area contributed by atoms with Crippen molar-refractivity contribution in [2.24, 2.45) is 16.3 Å². The summed E-state index contributed by atoms with van der Waals surface area (Å²) in [4.78, 5) is 17.3. The molecule has 1 aliphatic rings. The molecule has 3 heteroatoms. The van der Waals surface area contributed by atoms with Crippen molar-refractivity contribution < 1.29 is 4.79 Å². The summed E-state index contributed by atoms with van der Waals surface area (Å²) < 4.78 is 0. The molecular weight excluding hydrogens is 306 g/mol. The lowest BCUT2D eigenvalue weighted by Gasteiger charge is -2.30. The molecule has 23 heavy (non-hydrogen) atoms. The highest BCUT2D eigenvalue weighted by Crippen LogP contribution is 2.36. The average Bonchev–Trinajstić information content (AvgIpc) is 2.44. The minimum absolute atomic E-state index is 0.00546. The predicted octanol–water partition coefficient (Wildman–Crippen LogP) is 6.45. The highest BCUT2D eigenvalue weighted by molar-refractivity contribution is 6.30. The number of rotatable bonds is 8. The molecule has 0 heterocycles. The van der Waals surface area contributed by atoms with Gasteiger partial charge in [0.05, 0.1) is 0 Å². The Kier molecular flexibility index (Phi) is 7.73. The van der Waals surface area contributed by atoms with Gasteiger partial charge in [-0.1, -0.05) is 57.7 Å². The van der Waals surface area contributed by atoms with Gasteiger partial charge in [0.1, 0.15) is 5.16 Å². The average molecular weight is 338 g/mol. The van der Waals surface area contributed by atoms with Crippen molar-refractivity contribution in [1.29, 1.82) is 0 Å². The molecule has 0 N–H and O–H groups in total. The Labute approximate surface area is 147 Å². The first kappa shape index (κ1) is 20.2. The van der Waals surface area contributed by atoms with Gasteiger partial charge in [0.25, 0.3) is 0 Å². The topological polar surface area (TPSA) is 29.4 Å². The van der Waals surface area contributed by atoms with Gasteiger partial charge in [0.2, 0.25) is 0 Å². The van der Waals surface area contributed by atoms with E-state index in [2.05, 4.69) is 39.6 Å². The Morgan fingerprint density at radius 2 is 1.87 bits per heavy atom. The van der Waals surface area contributed by atoms with Crippen LogP contribution < -0.4 is 0 Å². The molecule has 1 aliphatic carbocycles. The first-order chi connectivity index (χ1) is 10.7. The van der Waals surface area contributed by atoms with Crippen molar-refractivity contribution in [2.75, 3.05) is 0 Å². The Morgan fingerprint density at radius 1 is 1.26 bits per heavy atom. The maximum Gasteiger partial charge on any atom is 0.167 e. The predicted molar refractivity (Wildman–Crippen MR) is 101 cm³/mol. The smallest absolute Gasteiger partial charge is 0.167 e. The van der Waals surface area contributed by atoms with E-state index < -0.39 is 0 Å². The highest BCUT2D eigenvalue weighted by Gasteiger charge is 2.31. The fourth-order valence-corrected chi connectivity index (χ4v) is 2.97. The number of ketones is 1. The lowest BCUT2D eigenvalue weighted by Crippen LogP contribution is -2.27. The maximum atomic E-state index is 12.9. The minimum atomic E-state index is 0.00546. The third kappa shape index (κ3) is 5.31. The molecule has 0 aromatic rings. The van der Waals surface area contributed by atoms with Crippen LogP contribution in [-0.4, -0.2) is 12.0 Å². The van der Waals surface area contributed by atoms with Crippen molar-refractivity contribution in [3.63, 3.8) is 0 Å². The molecule has 130 valence electrons. The number of nitrogens with zero attached hydrogens (tertiary/aromatic N) is 1. The molecule has 0 radical (unpaired) electrons. The van der Waals surface area contributed by atoms with Crippen LogP contribution in [-0.2, 0) is 4.79 Å². The largest absolute Gasteiger partial charge is 0.294 e. The van der Waals surface area contributed by atoms with Gasteiger partial charge in [-0.25, -0.2) is 4.99 Å². The lowest BCUT2D eigenvalue weighted by atomic mass is 9.74. The fraction of sp³-hybridized carbons (Fsp3) is 0.700. The van der Waals surface area contributed by atoms with Gasteiger partial charge in [0, 0.05) is 17.7 Å². The normalized spacial score (nSPS) is 18.6. The number of halogens is 1. The molecule has 0 saturated heterocycles. The number of carbonyl (C=O) groups is 1. The van der Waals surface area contributed by atoms with Gasteiger partial charge in [-0.3, -0.25) is 4.79 Å². The number of carbonyl (C=O) groups excluding carboxylic acids is 1. The summed E-state index contributed by atoms with van der Waals surface area (Å²) in [6.07, 6.45) is 7.92. The van der Waals surface area contributed by atoms with E-state index in [1.165, 1.54) is 0 Å². The van der Waals surface area contributed by atoms with Crippen molar-refractivity contribution in [2.45, 2.75) is 80.1 Å². The zero-order chi connectivity index (χ0) is 17.6. The Bertz CT molecular complexity index is 522. The molecule has 0 aromatic heterocycles. The van der Waals surface area contributed by atoms with E-state index in [0.717, 1.165) is 55.2 Å². The van der Waals surface area contributed by atoms with Crippen LogP contribution in [0.5, 0.6) is 0 Å². The standard InChI is InChI=1S/C20H32ClNO/c1-7-12-20(5,6)15(4)17(18(23)16-10-9-11-16)13-22-19(21)14(3)8-2/h13,16H,7-12H2,1-6H3/b17-15-,19-14+,22-13+. The van der Waals surface area contributed by atoms with E-state index in [4.69, 9.17) is 11.6 Å². The molecule has 0 amide bonds. The van der Waals surface area contributed by atoms with Crippen LogP contribution in [0, 0.1) is 11.3 Å². The molecule has 0 aromatic carbocycles. The molecule has 0 bridgehead atoms. The molecular formula is C20H32ClNO. The summed E-state index contributed by atoms with van der Waals surface area (Å²) in [5, 5.41) is 0.507. The van der Waals surface area contributed by atoms with Crippen LogP contribution in [0.2, 0.25) is 0 Å². The highest BCUT2D eigenvalue weighted by atomic mass is 35.5. The van der Waals surface area contributed by atoms with Gasteiger partial charge in [-0.2, -0.15) is 0 Å². The van der Waals surface area contributed by atoms with Crippen molar-refractivity contribution in [3.05, 3.63) is 21.9 Å². The molecule has 1 saturated carbocycles. The first-order valence-electron chi connectivity index (χ1n) is 8.89. The molecule has 2 nitrogen and oxygen atoms in total. The second-order valence-electron chi connectivity index (χ2n) is 7.35. The second-order valence-corrected chi connectivity index (χ2v) is 7.71. The van der Waals surface area contributed by atoms with Gasteiger partial charge in [-0.15, -0.1) is 0 Å². The van der Waals surface area contributed by atoms with E-state index in [-0.39, 0.29) is 17.1 Å². The van der Waals surface area contributed by atoms with Crippen LogP contribution in [0.3, 0.4) is 0 Å². The van der Waals surface area contributed by atoms with Gasteiger partial charge < -0.3 is 0 Å². The quantitative estimate of drug-likeness (QED) is 0.284. The summed E-state index contributed by atoms with van der Waals surface area (Å²) in [5.74, 6) is 0.430. The number of hydrogen-bond donors (Lipinski definition) is 0. The Hall–Kier alpha value is -0.890. The lowest BCUT2D eigenvalue weighted by molar-refractivity contribution is -0.121. The Balaban J connectivity index is 3.21. The summed E-state index contributed by atoms with van der Waals surface area (Å²) in [5.41, 5.74) is 2.96. The van der Waals surface area contributed by atoms with Gasteiger partial charge in [-0.05, 0) is 50.5 Å². The summed E-state index contributed by atoms with van der Waals surface area (Å²) in [6.45, 7) is 12.7. The van der Waals surface area contributed by atoms with E-state index in [1.807, 2.05) is 6.92 Å². The van der Waals surface area contributed by atoms with Crippen molar-refractivity contribution in [1.82, 2.24) is 0 Å². The number of allylic oxidation sites excluding steroid dienone is 3. The minimum Gasteiger partial charge on any atom is -0.294 e. The third-order valence-electron chi connectivity index (χ3n) is 5.23. The fourth-order valence-electron chi connectivity index (χ4n) is 2.79. The molecule has 0 atom stereocenters. The molecule has 1 rings (SSSR count). The van der Waals surface area contributed by atoms with Crippen molar-refractivity contribution in [3.8, 4) is 0 Å². The van der Waals surface area contributed by atoms with Crippen LogP contribution >= 0.6 is 11.6 Å². The first-order valence-corrected chi connectivity index (χ1v) is 9.27. The van der Waals surface area contributed by atoms with Crippen molar-refractivity contribution >= 4 is 23.6 Å². The number of hydrogen-bond acceptors (Lipinski definition) is 2. The zero-order valence-corrected chi connectivity index (χ0v) is 16.4. The zero-order valence-electron chi connectivity index (χ0n) is 15.6.